The second-order valence-corrected chi connectivity index (χ2v) is 6.49. The van der Waals surface area contributed by atoms with Gasteiger partial charge in [0.15, 0.2) is 5.79 Å². The first kappa shape index (κ1) is 11.4. The Hall–Kier alpha value is -0.380. The summed E-state index contributed by atoms with van der Waals surface area (Å²) in [6.45, 7) is 5.03. The Morgan fingerprint density at radius 3 is 2.78 bits per heavy atom. The fraction of sp³-hybridized carbons (Fsp3) is 0.867. The Morgan fingerprint density at radius 1 is 1.17 bits per heavy atom. The number of hydrogen-bond donors (Lipinski definition) is 0. The standard InChI is InChI=1S/C15H23NO2/c1-4-15(17-6-7-18-15)11-16(5-1)10-14-9-12-2-3-13(14)8-12/h2-3,12-14H,1,4-11H2/t12-,13-,14-/m0/s1. The molecule has 3 fully saturated rings. The van der Waals surface area contributed by atoms with Crippen LogP contribution in [-0.2, 0) is 9.47 Å². The third kappa shape index (κ3) is 1.93. The number of ether oxygens (including phenoxy) is 2. The molecule has 0 amide bonds. The second kappa shape index (κ2) is 4.32. The summed E-state index contributed by atoms with van der Waals surface area (Å²) in [7, 11) is 0. The first-order chi connectivity index (χ1) is 8.83. The Kier molecular flexibility index (Phi) is 2.75. The van der Waals surface area contributed by atoms with E-state index in [0.717, 1.165) is 43.9 Å². The van der Waals surface area contributed by atoms with E-state index >= 15 is 0 Å². The fourth-order valence-corrected chi connectivity index (χ4v) is 4.40. The highest BCUT2D eigenvalue weighted by Crippen LogP contribution is 2.44. The molecule has 0 aromatic heterocycles. The molecule has 1 saturated carbocycles. The summed E-state index contributed by atoms with van der Waals surface area (Å²) in [6.07, 6.45) is 10.0. The number of allylic oxidation sites excluding steroid dienone is 2. The van der Waals surface area contributed by atoms with Crippen LogP contribution in [0, 0.1) is 17.8 Å². The van der Waals surface area contributed by atoms with E-state index in [-0.39, 0.29) is 5.79 Å². The van der Waals surface area contributed by atoms with E-state index in [0.29, 0.717) is 0 Å². The number of rotatable bonds is 2. The maximum absolute atomic E-state index is 5.86. The Morgan fingerprint density at radius 2 is 2.06 bits per heavy atom. The monoisotopic (exact) mass is 249 g/mol. The number of likely N-dealkylation sites (tertiary alicyclic amines) is 1. The minimum Gasteiger partial charge on any atom is -0.346 e. The van der Waals surface area contributed by atoms with Crippen molar-refractivity contribution in [3.8, 4) is 0 Å². The van der Waals surface area contributed by atoms with Gasteiger partial charge in [-0.05, 0) is 43.6 Å². The van der Waals surface area contributed by atoms with Crippen molar-refractivity contribution in [2.75, 3.05) is 32.8 Å². The lowest BCUT2D eigenvalue weighted by Gasteiger charge is -2.40. The summed E-state index contributed by atoms with van der Waals surface area (Å²) in [4.78, 5) is 2.59. The van der Waals surface area contributed by atoms with Crippen molar-refractivity contribution in [3.63, 3.8) is 0 Å². The molecule has 4 rings (SSSR count). The maximum Gasteiger partial charge on any atom is 0.181 e. The number of fused-ring (bicyclic) bond motifs is 2. The van der Waals surface area contributed by atoms with Crippen molar-refractivity contribution in [1.82, 2.24) is 4.90 Å². The number of nitrogens with zero attached hydrogens (tertiary/aromatic N) is 1. The molecule has 2 heterocycles. The molecule has 3 heteroatoms. The van der Waals surface area contributed by atoms with Crippen LogP contribution in [-0.4, -0.2) is 43.5 Å². The summed E-state index contributed by atoms with van der Waals surface area (Å²) >= 11 is 0. The Bertz CT molecular complexity index is 348. The zero-order chi connectivity index (χ0) is 12.0. The van der Waals surface area contributed by atoms with Crippen molar-refractivity contribution in [1.29, 1.82) is 0 Å². The van der Waals surface area contributed by atoms with Crippen LogP contribution in [0.2, 0.25) is 0 Å². The van der Waals surface area contributed by atoms with Gasteiger partial charge in [0.25, 0.3) is 0 Å². The van der Waals surface area contributed by atoms with E-state index in [1.807, 2.05) is 0 Å². The van der Waals surface area contributed by atoms with E-state index in [1.54, 1.807) is 0 Å². The molecule has 2 aliphatic heterocycles. The SMILES string of the molecule is C1=C[C@H]2C[C@H]1C[C@H]2CN1CCCC2(C1)OCCO2. The Labute approximate surface area is 109 Å². The van der Waals surface area contributed by atoms with Crippen molar-refractivity contribution < 1.29 is 9.47 Å². The lowest BCUT2D eigenvalue weighted by Crippen LogP contribution is -2.50. The van der Waals surface area contributed by atoms with Gasteiger partial charge >= 0.3 is 0 Å². The quantitative estimate of drug-likeness (QED) is 0.699. The first-order valence-corrected chi connectivity index (χ1v) is 7.52. The molecular weight excluding hydrogens is 226 g/mol. The third-order valence-electron chi connectivity index (χ3n) is 5.22. The number of hydrogen-bond acceptors (Lipinski definition) is 3. The molecule has 3 nitrogen and oxygen atoms in total. The zero-order valence-electron chi connectivity index (χ0n) is 11.0. The molecule has 100 valence electrons. The van der Waals surface area contributed by atoms with Gasteiger partial charge < -0.3 is 9.47 Å². The second-order valence-electron chi connectivity index (χ2n) is 6.49. The minimum atomic E-state index is -0.244. The van der Waals surface area contributed by atoms with Crippen LogP contribution >= 0.6 is 0 Å². The average Bonchev–Trinajstić information content (AvgIpc) is 3.06. The highest BCUT2D eigenvalue weighted by atomic mass is 16.7. The predicted octanol–water partition coefficient (Wildman–Crippen LogP) is 2.04. The van der Waals surface area contributed by atoms with Crippen LogP contribution in [0.1, 0.15) is 25.7 Å². The topological polar surface area (TPSA) is 21.7 Å². The molecule has 2 saturated heterocycles. The lowest BCUT2D eigenvalue weighted by molar-refractivity contribution is -0.190. The van der Waals surface area contributed by atoms with Gasteiger partial charge in [0.1, 0.15) is 0 Å². The molecule has 0 unspecified atom stereocenters. The molecule has 3 atom stereocenters. The van der Waals surface area contributed by atoms with Crippen LogP contribution < -0.4 is 0 Å². The fourth-order valence-electron chi connectivity index (χ4n) is 4.40. The Balaban J connectivity index is 1.38. The summed E-state index contributed by atoms with van der Waals surface area (Å²) in [5.74, 6) is 2.39. The maximum atomic E-state index is 5.86. The normalized spacial score (nSPS) is 42.1. The van der Waals surface area contributed by atoms with E-state index in [2.05, 4.69) is 17.1 Å². The van der Waals surface area contributed by atoms with Gasteiger partial charge in [-0.25, -0.2) is 0 Å². The van der Waals surface area contributed by atoms with Gasteiger partial charge in [-0.3, -0.25) is 4.90 Å². The highest BCUT2D eigenvalue weighted by molar-refractivity contribution is 5.10. The van der Waals surface area contributed by atoms with Gasteiger partial charge in [0.2, 0.25) is 0 Å². The molecule has 0 aromatic rings. The summed E-state index contributed by atoms with van der Waals surface area (Å²) in [5.41, 5.74) is 0. The average molecular weight is 249 g/mol. The molecule has 1 spiro atoms. The first-order valence-electron chi connectivity index (χ1n) is 7.52. The van der Waals surface area contributed by atoms with Crippen molar-refractivity contribution in [2.24, 2.45) is 17.8 Å². The molecule has 0 aromatic carbocycles. The van der Waals surface area contributed by atoms with Gasteiger partial charge in [0.05, 0.1) is 19.8 Å². The van der Waals surface area contributed by atoms with Crippen molar-refractivity contribution in [2.45, 2.75) is 31.5 Å². The smallest absolute Gasteiger partial charge is 0.181 e. The summed E-state index contributed by atoms with van der Waals surface area (Å²) in [5, 5.41) is 0. The molecular formula is C15H23NO2. The largest absolute Gasteiger partial charge is 0.346 e. The van der Waals surface area contributed by atoms with Gasteiger partial charge in [0, 0.05) is 13.0 Å². The van der Waals surface area contributed by atoms with Gasteiger partial charge in [-0.1, -0.05) is 12.2 Å². The lowest BCUT2D eigenvalue weighted by atomic mass is 9.92. The van der Waals surface area contributed by atoms with E-state index < -0.39 is 0 Å². The van der Waals surface area contributed by atoms with E-state index in [4.69, 9.17) is 9.47 Å². The van der Waals surface area contributed by atoms with E-state index in [9.17, 15) is 0 Å². The van der Waals surface area contributed by atoms with Gasteiger partial charge in [-0.15, -0.1) is 0 Å². The molecule has 0 radical (unpaired) electrons. The minimum absolute atomic E-state index is 0.244. The van der Waals surface area contributed by atoms with Crippen molar-refractivity contribution >= 4 is 0 Å². The predicted molar refractivity (Wildman–Crippen MR) is 69.2 cm³/mol. The van der Waals surface area contributed by atoms with Crippen LogP contribution in [0.25, 0.3) is 0 Å². The van der Waals surface area contributed by atoms with Gasteiger partial charge in [-0.2, -0.15) is 0 Å². The third-order valence-corrected chi connectivity index (χ3v) is 5.22. The highest BCUT2D eigenvalue weighted by Gasteiger charge is 2.43. The van der Waals surface area contributed by atoms with Crippen LogP contribution in [0.3, 0.4) is 0 Å². The van der Waals surface area contributed by atoms with Crippen LogP contribution in [0.15, 0.2) is 12.2 Å². The van der Waals surface area contributed by atoms with Crippen molar-refractivity contribution in [3.05, 3.63) is 12.2 Å². The molecule has 2 aliphatic carbocycles. The molecule has 2 bridgehead atoms. The van der Waals surface area contributed by atoms with Crippen LogP contribution in [0.5, 0.6) is 0 Å². The molecule has 4 aliphatic rings. The number of piperidine rings is 1. The molecule has 18 heavy (non-hydrogen) atoms. The summed E-state index contributed by atoms with van der Waals surface area (Å²) < 4.78 is 11.7. The zero-order valence-corrected chi connectivity index (χ0v) is 11.0. The van der Waals surface area contributed by atoms with Crippen LogP contribution in [0.4, 0.5) is 0 Å². The molecule has 0 N–H and O–H groups in total. The summed E-state index contributed by atoms with van der Waals surface area (Å²) in [6, 6.07) is 0. The van der Waals surface area contributed by atoms with E-state index in [1.165, 1.54) is 32.4 Å².